The zero-order chi connectivity index (χ0) is 17.8. The largest absolute Gasteiger partial charge is 0.364 e. The van der Waals surface area contributed by atoms with Crippen molar-refractivity contribution in [3.05, 3.63) is 82.6 Å². The number of fused-ring (bicyclic) bond motifs is 1. The molecule has 3 heterocycles. The normalized spacial score (nSPS) is 14.6. The topological polar surface area (TPSA) is 66.8 Å². The Morgan fingerprint density at radius 3 is 2.92 bits per heavy atom. The molecule has 0 bridgehead atoms. The average molecular weight is 356 g/mol. The first-order chi connectivity index (χ1) is 12.2. The van der Waals surface area contributed by atoms with E-state index in [4.69, 9.17) is 11.6 Å². The molecule has 25 heavy (non-hydrogen) atoms. The highest BCUT2D eigenvalue weighted by atomic mass is 35.5. The Morgan fingerprint density at radius 2 is 2.16 bits per heavy atom. The quantitative estimate of drug-likeness (QED) is 0.837. The molecule has 0 amide bonds. The van der Waals surface area contributed by atoms with Gasteiger partial charge >= 0.3 is 0 Å². The van der Waals surface area contributed by atoms with Crippen LogP contribution in [0.1, 0.15) is 11.3 Å². The molecular formula is C18H18ClN5O. The lowest BCUT2D eigenvalue weighted by Crippen LogP contribution is -2.32. The minimum atomic E-state index is -0.383. The molecule has 0 unspecified atom stereocenters. The molecule has 0 spiro atoms. The summed E-state index contributed by atoms with van der Waals surface area (Å²) in [5, 5.41) is 10.9. The molecule has 0 fully saturated rings. The van der Waals surface area contributed by atoms with Gasteiger partial charge in [-0.1, -0.05) is 43.0 Å². The van der Waals surface area contributed by atoms with E-state index in [1.165, 1.54) is 0 Å². The second-order valence-corrected chi connectivity index (χ2v) is 5.90. The van der Waals surface area contributed by atoms with E-state index in [-0.39, 0.29) is 10.6 Å². The lowest BCUT2D eigenvalue weighted by molar-refractivity contribution is 0.695. The maximum absolute atomic E-state index is 11.7. The smallest absolute Gasteiger partial charge is 0.285 e. The number of halogens is 1. The fourth-order valence-electron chi connectivity index (χ4n) is 2.84. The molecule has 0 aliphatic carbocycles. The third-order valence-corrected chi connectivity index (χ3v) is 4.35. The van der Waals surface area contributed by atoms with Gasteiger partial charge in [0.05, 0.1) is 29.5 Å². The van der Waals surface area contributed by atoms with Gasteiger partial charge in [0.15, 0.2) is 0 Å². The molecule has 0 radical (unpaired) electrons. The summed E-state index contributed by atoms with van der Waals surface area (Å²) >= 11 is 6.12. The lowest BCUT2D eigenvalue weighted by atomic mass is 10.1. The number of anilines is 1. The Labute approximate surface area is 150 Å². The van der Waals surface area contributed by atoms with Gasteiger partial charge in [0.2, 0.25) is 0 Å². The Balaban J connectivity index is 1.93. The SMILES string of the molecule is C=C/C=C\C(=C/C=C)n1ncc2c1CCN(c1cn[nH]c(=O)c1Cl)C2. The van der Waals surface area contributed by atoms with Crippen molar-refractivity contribution < 1.29 is 0 Å². The number of hydrogen-bond acceptors (Lipinski definition) is 4. The van der Waals surface area contributed by atoms with Crippen LogP contribution in [-0.2, 0) is 13.0 Å². The molecule has 128 valence electrons. The molecule has 1 aliphatic heterocycles. The van der Waals surface area contributed by atoms with Gasteiger partial charge in [0.1, 0.15) is 5.02 Å². The lowest BCUT2D eigenvalue weighted by Gasteiger charge is -2.29. The minimum absolute atomic E-state index is 0.159. The summed E-state index contributed by atoms with van der Waals surface area (Å²) < 4.78 is 1.91. The molecular weight excluding hydrogens is 338 g/mol. The number of aromatic nitrogens is 4. The molecule has 0 saturated heterocycles. The summed E-state index contributed by atoms with van der Waals surface area (Å²) in [6.07, 6.45) is 13.3. The third kappa shape index (κ3) is 3.34. The summed E-state index contributed by atoms with van der Waals surface area (Å²) in [4.78, 5) is 13.7. The van der Waals surface area contributed by atoms with Crippen LogP contribution in [0.2, 0.25) is 5.02 Å². The van der Waals surface area contributed by atoms with Crippen molar-refractivity contribution in [3.63, 3.8) is 0 Å². The molecule has 0 aromatic carbocycles. The highest BCUT2D eigenvalue weighted by Crippen LogP contribution is 2.28. The van der Waals surface area contributed by atoms with E-state index in [0.717, 1.165) is 29.9 Å². The first-order valence-electron chi connectivity index (χ1n) is 7.81. The van der Waals surface area contributed by atoms with E-state index in [1.54, 1.807) is 18.3 Å². The first-order valence-corrected chi connectivity index (χ1v) is 8.19. The summed E-state index contributed by atoms with van der Waals surface area (Å²) in [6, 6.07) is 0. The summed E-state index contributed by atoms with van der Waals surface area (Å²) in [6.45, 7) is 8.79. The highest BCUT2D eigenvalue weighted by molar-refractivity contribution is 6.33. The molecule has 2 aromatic heterocycles. The van der Waals surface area contributed by atoms with Crippen molar-refractivity contribution in [3.8, 4) is 0 Å². The number of aromatic amines is 1. The van der Waals surface area contributed by atoms with Gasteiger partial charge in [0.25, 0.3) is 5.56 Å². The van der Waals surface area contributed by atoms with E-state index in [2.05, 4.69) is 28.5 Å². The predicted molar refractivity (Wildman–Crippen MR) is 101 cm³/mol. The van der Waals surface area contributed by atoms with E-state index in [9.17, 15) is 4.79 Å². The van der Waals surface area contributed by atoms with Gasteiger partial charge in [-0.05, 0) is 12.2 Å². The summed E-state index contributed by atoms with van der Waals surface area (Å²) in [5.74, 6) is 0. The van der Waals surface area contributed by atoms with Crippen LogP contribution in [0.5, 0.6) is 0 Å². The monoisotopic (exact) mass is 355 g/mol. The number of rotatable bonds is 5. The van der Waals surface area contributed by atoms with Gasteiger partial charge in [-0.25, -0.2) is 9.78 Å². The number of hydrogen-bond donors (Lipinski definition) is 1. The Kier molecular flexibility index (Phi) is 5.00. The van der Waals surface area contributed by atoms with Gasteiger partial charge in [-0.15, -0.1) is 0 Å². The molecule has 0 atom stereocenters. The maximum atomic E-state index is 11.7. The van der Waals surface area contributed by atoms with Gasteiger partial charge in [-0.3, -0.25) is 4.79 Å². The van der Waals surface area contributed by atoms with Gasteiger partial charge < -0.3 is 4.90 Å². The van der Waals surface area contributed by atoms with Crippen LogP contribution in [0.25, 0.3) is 5.70 Å². The van der Waals surface area contributed by atoms with Crippen molar-refractivity contribution in [1.82, 2.24) is 20.0 Å². The van der Waals surface area contributed by atoms with Gasteiger partial charge in [0, 0.05) is 25.1 Å². The average Bonchev–Trinajstić information content (AvgIpc) is 3.04. The third-order valence-electron chi connectivity index (χ3n) is 3.99. The van der Waals surface area contributed by atoms with Crippen molar-refractivity contribution >= 4 is 23.0 Å². The fourth-order valence-corrected chi connectivity index (χ4v) is 3.05. The molecule has 7 heteroatoms. The number of nitrogens with zero attached hydrogens (tertiary/aromatic N) is 4. The highest BCUT2D eigenvalue weighted by Gasteiger charge is 2.23. The molecule has 1 N–H and O–H groups in total. The first kappa shape index (κ1) is 17.0. The van der Waals surface area contributed by atoms with Crippen LogP contribution in [0.15, 0.2) is 60.7 Å². The Morgan fingerprint density at radius 1 is 1.32 bits per heavy atom. The van der Waals surface area contributed by atoms with Crippen LogP contribution in [0.3, 0.4) is 0 Å². The van der Waals surface area contributed by atoms with E-state index >= 15 is 0 Å². The number of allylic oxidation sites excluding steroid dienone is 6. The second kappa shape index (κ2) is 7.36. The van der Waals surface area contributed by atoms with Crippen LogP contribution in [0, 0.1) is 0 Å². The summed E-state index contributed by atoms with van der Waals surface area (Å²) in [7, 11) is 0. The fraction of sp³-hybridized carbons (Fsp3) is 0.167. The zero-order valence-electron chi connectivity index (χ0n) is 13.7. The van der Waals surface area contributed by atoms with Gasteiger partial charge in [-0.2, -0.15) is 10.2 Å². The van der Waals surface area contributed by atoms with Crippen LogP contribution in [0.4, 0.5) is 5.69 Å². The maximum Gasteiger partial charge on any atom is 0.285 e. The van der Waals surface area contributed by atoms with Crippen molar-refractivity contribution in [2.45, 2.75) is 13.0 Å². The molecule has 3 rings (SSSR count). The number of nitrogens with one attached hydrogen (secondary N) is 1. The molecule has 0 saturated carbocycles. The minimum Gasteiger partial charge on any atom is -0.364 e. The van der Waals surface area contributed by atoms with Crippen LogP contribution < -0.4 is 10.5 Å². The number of H-pyrrole nitrogens is 1. The zero-order valence-corrected chi connectivity index (χ0v) is 14.4. The van der Waals surface area contributed by atoms with Crippen molar-refractivity contribution in [2.75, 3.05) is 11.4 Å². The summed E-state index contributed by atoms with van der Waals surface area (Å²) in [5.41, 5.74) is 3.39. The standard InChI is InChI=1S/C18H18ClN5O/c1-3-5-7-14(6-4-2)24-15-8-9-23(12-13(15)10-21-24)16-11-20-22-18(25)17(16)19/h3-7,10-11H,1-2,8-9,12H2,(H,22,25)/b7-5-,14-6+. The van der Waals surface area contributed by atoms with E-state index in [1.807, 2.05) is 34.0 Å². The van der Waals surface area contributed by atoms with Crippen molar-refractivity contribution in [1.29, 1.82) is 0 Å². The molecule has 1 aliphatic rings. The molecule has 6 nitrogen and oxygen atoms in total. The van der Waals surface area contributed by atoms with Crippen LogP contribution >= 0.6 is 11.6 Å². The Hall–Kier alpha value is -2.86. The second-order valence-electron chi connectivity index (χ2n) is 5.52. The molecule has 2 aromatic rings. The van der Waals surface area contributed by atoms with Crippen LogP contribution in [-0.4, -0.2) is 26.5 Å². The van der Waals surface area contributed by atoms with Crippen molar-refractivity contribution in [2.24, 2.45) is 0 Å². The van der Waals surface area contributed by atoms with E-state index < -0.39 is 0 Å². The predicted octanol–water partition coefficient (Wildman–Crippen LogP) is 2.95. The van der Waals surface area contributed by atoms with E-state index in [0.29, 0.717) is 12.2 Å². The Bertz CT molecular complexity index is 922.